The third-order valence-electron chi connectivity index (χ3n) is 5.62. The number of carbonyl (C=O) groups is 1. The number of para-hydroxylation sites is 1. The molecule has 0 fully saturated rings. The zero-order valence-electron chi connectivity index (χ0n) is 17.7. The average Bonchev–Trinajstić information content (AvgIpc) is 2.79. The number of benzene rings is 3. The minimum atomic E-state index is -0.332. The molecule has 0 aliphatic carbocycles. The summed E-state index contributed by atoms with van der Waals surface area (Å²) in [6.07, 6.45) is 0.618. The van der Waals surface area contributed by atoms with Crippen LogP contribution in [-0.4, -0.2) is 10.5 Å². The standard InChI is InChI=1S/C26H22ClFN2O2/c1-3-22(17-12-14-18(28)15-13-17)29-25(31)23-16(2)30(19-8-5-4-6-9-19)26(32)24-20(23)10-7-11-21(24)27/h4-15,22H,3H2,1-2H3,(H,29,31)/t22-/m0/s1. The highest BCUT2D eigenvalue weighted by Gasteiger charge is 2.23. The van der Waals surface area contributed by atoms with Gasteiger partial charge in [0.25, 0.3) is 11.5 Å². The molecule has 4 nitrogen and oxygen atoms in total. The number of hydrogen-bond acceptors (Lipinski definition) is 2. The van der Waals surface area contributed by atoms with Gasteiger partial charge < -0.3 is 5.32 Å². The number of fused-ring (bicyclic) bond motifs is 1. The van der Waals surface area contributed by atoms with Gasteiger partial charge in [0, 0.05) is 16.8 Å². The third-order valence-corrected chi connectivity index (χ3v) is 5.94. The lowest BCUT2D eigenvalue weighted by Gasteiger charge is -2.21. The van der Waals surface area contributed by atoms with E-state index < -0.39 is 0 Å². The minimum absolute atomic E-state index is 0.281. The molecule has 32 heavy (non-hydrogen) atoms. The number of nitrogens with zero attached hydrogens (tertiary/aromatic N) is 1. The molecule has 4 aromatic rings. The number of rotatable bonds is 5. The quantitative estimate of drug-likeness (QED) is 0.408. The molecule has 1 amide bonds. The van der Waals surface area contributed by atoms with Crippen LogP contribution in [0.1, 0.15) is 41.0 Å². The summed E-state index contributed by atoms with van der Waals surface area (Å²) in [5, 5.41) is 4.13. The van der Waals surface area contributed by atoms with Crippen molar-refractivity contribution in [1.29, 1.82) is 0 Å². The van der Waals surface area contributed by atoms with Gasteiger partial charge in [-0.25, -0.2) is 4.39 Å². The van der Waals surface area contributed by atoms with E-state index >= 15 is 0 Å². The van der Waals surface area contributed by atoms with Gasteiger partial charge in [-0.05, 0) is 49.2 Å². The lowest BCUT2D eigenvalue weighted by atomic mass is 10.0. The van der Waals surface area contributed by atoms with E-state index in [1.54, 1.807) is 37.3 Å². The molecule has 3 aromatic carbocycles. The Balaban J connectivity index is 1.89. The van der Waals surface area contributed by atoms with E-state index in [1.807, 2.05) is 37.3 Å². The highest BCUT2D eigenvalue weighted by Crippen LogP contribution is 2.28. The number of amides is 1. The fourth-order valence-electron chi connectivity index (χ4n) is 4.04. The maximum absolute atomic E-state index is 13.6. The second-order valence-electron chi connectivity index (χ2n) is 7.58. The normalized spacial score (nSPS) is 12.0. The van der Waals surface area contributed by atoms with E-state index in [-0.39, 0.29) is 28.3 Å². The van der Waals surface area contributed by atoms with E-state index in [1.165, 1.54) is 16.7 Å². The fraction of sp³-hybridized carbons (Fsp3) is 0.154. The molecule has 0 radical (unpaired) electrons. The Morgan fingerprint density at radius 2 is 1.72 bits per heavy atom. The van der Waals surface area contributed by atoms with E-state index in [4.69, 9.17) is 11.6 Å². The molecule has 6 heteroatoms. The maximum Gasteiger partial charge on any atom is 0.264 e. The van der Waals surface area contributed by atoms with Crippen LogP contribution in [0.2, 0.25) is 5.02 Å². The number of carbonyl (C=O) groups excluding carboxylic acids is 1. The van der Waals surface area contributed by atoms with Crippen LogP contribution in [0.4, 0.5) is 4.39 Å². The van der Waals surface area contributed by atoms with Crippen molar-refractivity contribution in [3.63, 3.8) is 0 Å². The summed E-state index contributed by atoms with van der Waals surface area (Å²) in [7, 11) is 0. The summed E-state index contributed by atoms with van der Waals surface area (Å²) in [6.45, 7) is 3.70. The Labute approximate surface area is 190 Å². The first kappa shape index (κ1) is 21.8. The number of pyridine rings is 1. The zero-order valence-corrected chi connectivity index (χ0v) is 18.5. The molecule has 1 N–H and O–H groups in total. The number of hydrogen-bond donors (Lipinski definition) is 1. The van der Waals surface area contributed by atoms with Gasteiger partial charge in [0.1, 0.15) is 5.82 Å². The monoisotopic (exact) mass is 448 g/mol. The summed E-state index contributed by atoms with van der Waals surface area (Å²) in [5.41, 5.74) is 2.07. The summed E-state index contributed by atoms with van der Waals surface area (Å²) in [6, 6.07) is 20.0. The van der Waals surface area contributed by atoms with E-state index in [0.717, 1.165) is 5.56 Å². The van der Waals surface area contributed by atoms with E-state index in [0.29, 0.717) is 34.1 Å². The maximum atomic E-state index is 13.6. The first-order valence-electron chi connectivity index (χ1n) is 10.4. The molecule has 4 rings (SSSR count). The molecule has 0 bridgehead atoms. The lowest BCUT2D eigenvalue weighted by molar-refractivity contribution is 0.0936. The van der Waals surface area contributed by atoms with Crippen molar-refractivity contribution in [1.82, 2.24) is 9.88 Å². The Hall–Kier alpha value is -3.44. The van der Waals surface area contributed by atoms with Gasteiger partial charge >= 0.3 is 0 Å². The molecule has 0 aliphatic rings. The third kappa shape index (κ3) is 3.92. The predicted molar refractivity (Wildman–Crippen MR) is 126 cm³/mol. The van der Waals surface area contributed by atoms with Crippen molar-refractivity contribution in [2.24, 2.45) is 0 Å². The highest BCUT2D eigenvalue weighted by atomic mass is 35.5. The fourth-order valence-corrected chi connectivity index (χ4v) is 4.30. The van der Waals surface area contributed by atoms with Gasteiger partial charge in [-0.15, -0.1) is 0 Å². The van der Waals surface area contributed by atoms with Crippen molar-refractivity contribution in [2.45, 2.75) is 26.3 Å². The van der Waals surface area contributed by atoms with Gasteiger partial charge in [-0.1, -0.05) is 61.0 Å². The zero-order chi connectivity index (χ0) is 22.8. The van der Waals surface area contributed by atoms with Crippen molar-refractivity contribution >= 4 is 28.3 Å². The van der Waals surface area contributed by atoms with Gasteiger partial charge in [0.15, 0.2) is 0 Å². The first-order valence-corrected chi connectivity index (χ1v) is 10.8. The molecule has 1 aromatic heterocycles. The molecule has 0 aliphatic heterocycles. The Kier molecular flexibility index (Phi) is 6.10. The first-order chi connectivity index (χ1) is 15.4. The SMILES string of the molecule is CC[C@H](NC(=O)c1c(C)n(-c2ccccc2)c(=O)c2c(Cl)cccc12)c1ccc(F)cc1. The second-order valence-corrected chi connectivity index (χ2v) is 7.99. The largest absolute Gasteiger partial charge is 0.345 e. The number of halogens is 2. The van der Waals surface area contributed by atoms with Crippen molar-refractivity contribution < 1.29 is 9.18 Å². The van der Waals surface area contributed by atoms with E-state index in [2.05, 4.69) is 5.32 Å². The molecule has 0 saturated heterocycles. The van der Waals surface area contributed by atoms with Crippen molar-refractivity contribution in [3.05, 3.63) is 111 Å². The molecule has 162 valence electrons. The van der Waals surface area contributed by atoms with Gasteiger partial charge in [-0.2, -0.15) is 0 Å². The van der Waals surface area contributed by atoms with E-state index in [9.17, 15) is 14.0 Å². The molecule has 0 spiro atoms. The van der Waals surface area contributed by atoms with Gasteiger partial charge in [-0.3, -0.25) is 14.2 Å². The van der Waals surface area contributed by atoms with Crippen LogP contribution in [0.25, 0.3) is 16.5 Å². The summed E-state index contributed by atoms with van der Waals surface area (Å²) in [4.78, 5) is 26.9. The molecule has 1 atom stereocenters. The predicted octanol–water partition coefficient (Wildman–Crippen LogP) is 5.97. The summed E-state index contributed by atoms with van der Waals surface area (Å²) >= 11 is 6.41. The van der Waals surface area contributed by atoms with Crippen molar-refractivity contribution in [2.75, 3.05) is 0 Å². The minimum Gasteiger partial charge on any atom is -0.345 e. The molecular formula is C26H22ClFN2O2. The number of nitrogens with one attached hydrogen (secondary N) is 1. The molecule has 0 saturated carbocycles. The second kappa shape index (κ2) is 8.97. The highest BCUT2D eigenvalue weighted by molar-refractivity contribution is 6.36. The molecule has 1 heterocycles. The summed E-state index contributed by atoms with van der Waals surface area (Å²) < 4.78 is 14.9. The lowest BCUT2D eigenvalue weighted by Crippen LogP contribution is -2.32. The Bertz CT molecular complexity index is 1350. The van der Waals surface area contributed by atoms with Crippen LogP contribution in [0, 0.1) is 12.7 Å². The van der Waals surface area contributed by atoms with Crippen LogP contribution >= 0.6 is 11.6 Å². The smallest absolute Gasteiger partial charge is 0.264 e. The summed E-state index contributed by atoms with van der Waals surface area (Å²) in [5.74, 6) is -0.656. The van der Waals surface area contributed by atoms with Crippen molar-refractivity contribution in [3.8, 4) is 5.69 Å². The van der Waals surface area contributed by atoms with Gasteiger partial charge in [0.05, 0.1) is 22.0 Å². The Morgan fingerprint density at radius 3 is 2.38 bits per heavy atom. The number of aromatic nitrogens is 1. The average molecular weight is 449 g/mol. The van der Waals surface area contributed by atoms with Crippen LogP contribution in [0.15, 0.2) is 77.6 Å². The topological polar surface area (TPSA) is 51.1 Å². The van der Waals surface area contributed by atoms with Crippen LogP contribution in [0.3, 0.4) is 0 Å². The van der Waals surface area contributed by atoms with Gasteiger partial charge in [0.2, 0.25) is 0 Å². The van der Waals surface area contributed by atoms with Crippen LogP contribution < -0.4 is 10.9 Å². The molecule has 0 unspecified atom stereocenters. The molecular weight excluding hydrogens is 427 g/mol. The van der Waals surface area contributed by atoms with Crippen LogP contribution in [0.5, 0.6) is 0 Å². The van der Waals surface area contributed by atoms with Crippen LogP contribution in [-0.2, 0) is 0 Å². The Morgan fingerprint density at radius 1 is 1.03 bits per heavy atom.